The van der Waals surface area contributed by atoms with E-state index < -0.39 is 0 Å². The lowest BCUT2D eigenvalue weighted by molar-refractivity contribution is 0.303. The van der Waals surface area contributed by atoms with E-state index in [1.54, 1.807) is 13.4 Å². The summed E-state index contributed by atoms with van der Waals surface area (Å²) in [5.41, 5.74) is 6.15. The summed E-state index contributed by atoms with van der Waals surface area (Å²) in [6.07, 6.45) is 7.89. The highest BCUT2D eigenvalue weighted by Crippen LogP contribution is 2.25. The van der Waals surface area contributed by atoms with E-state index in [2.05, 4.69) is 42.2 Å². The zero-order valence-corrected chi connectivity index (χ0v) is 14.6. The largest absolute Gasteiger partial charge is 0.496 e. The highest BCUT2D eigenvalue weighted by atomic mass is 16.5. The Kier molecular flexibility index (Phi) is 3.80. The van der Waals surface area contributed by atoms with Crippen LogP contribution in [0, 0.1) is 13.8 Å². The molecule has 25 heavy (non-hydrogen) atoms. The summed E-state index contributed by atoms with van der Waals surface area (Å²) < 4.78 is 10.9. The highest BCUT2D eigenvalue weighted by molar-refractivity contribution is 6.12. The molecule has 0 radical (unpaired) electrons. The molecule has 2 aliphatic rings. The zero-order valence-electron chi connectivity index (χ0n) is 14.6. The summed E-state index contributed by atoms with van der Waals surface area (Å²) in [5, 5.41) is 2.27. The van der Waals surface area contributed by atoms with Gasteiger partial charge in [-0.2, -0.15) is 0 Å². The van der Waals surface area contributed by atoms with Crippen molar-refractivity contribution in [3.8, 4) is 0 Å². The molecule has 0 amide bonds. The average molecular weight is 332 g/mol. The van der Waals surface area contributed by atoms with Crippen molar-refractivity contribution in [2.24, 2.45) is 4.99 Å². The average Bonchev–Trinajstić information content (AvgIpc) is 3.17. The van der Waals surface area contributed by atoms with Crippen LogP contribution in [0.5, 0.6) is 0 Å². The fourth-order valence-corrected chi connectivity index (χ4v) is 3.16. The molecule has 0 spiro atoms. The van der Waals surface area contributed by atoms with Crippen LogP contribution in [0.2, 0.25) is 0 Å². The number of nitrogens with one attached hydrogen (secondary N) is 1. The lowest BCUT2D eigenvalue weighted by atomic mass is 10.1. The van der Waals surface area contributed by atoms with Crippen molar-refractivity contribution in [1.82, 2.24) is 4.98 Å². The van der Waals surface area contributed by atoms with Crippen molar-refractivity contribution in [3.05, 3.63) is 74.7 Å². The van der Waals surface area contributed by atoms with Gasteiger partial charge in [0.2, 0.25) is 0 Å². The highest BCUT2D eigenvalue weighted by Gasteiger charge is 2.17. The van der Waals surface area contributed by atoms with Gasteiger partial charge in [0.25, 0.3) is 0 Å². The number of nitrogens with zero attached hydrogens (tertiary/aromatic N) is 1. The van der Waals surface area contributed by atoms with E-state index in [1.807, 2.05) is 19.1 Å². The Morgan fingerprint density at radius 3 is 2.84 bits per heavy atom. The first kappa shape index (κ1) is 15.5. The molecular formula is C21H20N2O2. The number of fused-ring (bicyclic) bond motifs is 1. The Morgan fingerprint density at radius 2 is 2.08 bits per heavy atom. The topological polar surface area (TPSA) is 46.6 Å². The molecule has 0 saturated heterocycles. The molecule has 2 aliphatic heterocycles. The molecule has 126 valence electrons. The number of ether oxygens (including phenoxy) is 2. The van der Waals surface area contributed by atoms with E-state index >= 15 is 0 Å². The van der Waals surface area contributed by atoms with Crippen LogP contribution < -0.4 is 10.4 Å². The van der Waals surface area contributed by atoms with E-state index in [-0.39, 0.29) is 0 Å². The fraction of sp³-hybridized carbons (Fsp3) is 0.190. The standard InChI is InChI=1S/C21H20N2O2/c1-13-8-14(2)22-18(13)10-20-21(24-3)11-19(23-20)16-5-4-15-6-7-25-12-17(15)9-16/h4-6,8-12,22H,7H2,1-3H3. The summed E-state index contributed by atoms with van der Waals surface area (Å²) in [4.78, 5) is 8.14. The van der Waals surface area contributed by atoms with E-state index in [0.29, 0.717) is 6.61 Å². The Bertz CT molecular complexity index is 1050. The summed E-state index contributed by atoms with van der Waals surface area (Å²) in [7, 11) is 1.67. The summed E-state index contributed by atoms with van der Waals surface area (Å²) in [6, 6.07) is 8.41. The van der Waals surface area contributed by atoms with E-state index in [9.17, 15) is 0 Å². The van der Waals surface area contributed by atoms with E-state index in [0.717, 1.165) is 39.3 Å². The first-order chi connectivity index (χ1) is 12.1. The van der Waals surface area contributed by atoms with Crippen LogP contribution in [0.3, 0.4) is 0 Å². The Hall–Kier alpha value is -3.01. The maximum absolute atomic E-state index is 5.53. The smallest absolute Gasteiger partial charge is 0.146 e. The van der Waals surface area contributed by atoms with Crippen LogP contribution in [-0.2, 0) is 9.47 Å². The number of rotatable bonds is 3. The second kappa shape index (κ2) is 6.13. The van der Waals surface area contributed by atoms with Crippen LogP contribution in [-0.4, -0.2) is 24.4 Å². The number of benzene rings is 1. The molecular weight excluding hydrogens is 312 g/mol. The number of H-pyrrole nitrogens is 1. The van der Waals surface area contributed by atoms with Gasteiger partial charge in [0.05, 0.1) is 19.1 Å². The van der Waals surface area contributed by atoms with Gasteiger partial charge in [-0.15, -0.1) is 0 Å². The number of aryl methyl sites for hydroxylation is 2. The molecule has 0 aliphatic carbocycles. The van der Waals surface area contributed by atoms with Gasteiger partial charge in [-0.25, -0.2) is 4.99 Å². The second-order valence-corrected chi connectivity index (χ2v) is 6.29. The predicted molar refractivity (Wildman–Crippen MR) is 100 cm³/mol. The van der Waals surface area contributed by atoms with Crippen molar-refractivity contribution >= 4 is 24.1 Å². The lowest BCUT2D eigenvalue weighted by Gasteiger charge is -2.04. The second-order valence-electron chi connectivity index (χ2n) is 6.29. The zero-order chi connectivity index (χ0) is 17.4. The van der Waals surface area contributed by atoms with E-state index in [4.69, 9.17) is 14.5 Å². The molecule has 4 rings (SSSR count). The van der Waals surface area contributed by atoms with Gasteiger partial charge in [0.1, 0.15) is 18.1 Å². The number of hydrogen-bond donors (Lipinski definition) is 1. The summed E-state index contributed by atoms with van der Waals surface area (Å²) in [6.45, 7) is 4.76. The third-order valence-electron chi connectivity index (χ3n) is 4.44. The Labute approximate surface area is 146 Å². The molecule has 4 heteroatoms. The lowest BCUT2D eigenvalue weighted by Crippen LogP contribution is -2.29. The van der Waals surface area contributed by atoms with E-state index in [1.165, 1.54) is 10.8 Å². The third-order valence-corrected chi connectivity index (χ3v) is 4.44. The fourth-order valence-electron chi connectivity index (χ4n) is 3.16. The SMILES string of the molecule is COC1=CC(c2ccc3c(c2)=COCC=3)=NC1=Cc1[nH]c(C)cc1C. The van der Waals surface area contributed by atoms with Crippen LogP contribution >= 0.6 is 0 Å². The van der Waals surface area contributed by atoms with Crippen LogP contribution in [0.15, 0.2) is 46.8 Å². The number of hydrogen-bond acceptors (Lipinski definition) is 3. The molecule has 0 bridgehead atoms. The first-order valence-corrected chi connectivity index (χ1v) is 8.29. The number of aliphatic imine (C=N–C) groups is 1. The van der Waals surface area contributed by atoms with Crippen molar-refractivity contribution in [2.75, 3.05) is 13.7 Å². The Balaban J connectivity index is 1.76. The van der Waals surface area contributed by atoms with Crippen LogP contribution in [0.1, 0.15) is 22.5 Å². The van der Waals surface area contributed by atoms with Gasteiger partial charge in [0, 0.05) is 28.2 Å². The van der Waals surface area contributed by atoms with Gasteiger partial charge in [-0.3, -0.25) is 0 Å². The molecule has 0 fully saturated rings. The molecule has 0 atom stereocenters. The minimum Gasteiger partial charge on any atom is -0.496 e. The molecule has 4 nitrogen and oxygen atoms in total. The molecule has 2 aromatic rings. The number of allylic oxidation sites excluding steroid dienone is 1. The van der Waals surface area contributed by atoms with Crippen molar-refractivity contribution in [1.29, 1.82) is 0 Å². The monoisotopic (exact) mass is 332 g/mol. The maximum Gasteiger partial charge on any atom is 0.146 e. The molecule has 1 aromatic heterocycles. The summed E-state index contributed by atoms with van der Waals surface area (Å²) >= 11 is 0. The maximum atomic E-state index is 5.53. The van der Waals surface area contributed by atoms with Gasteiger partial charge < -0.3 is 14.5 Å². The van der Waals surface area contributed by atoms with Crippen molar-refractivity contribution < 1.29 is 9.47 Å². The minimum absolute atomic E-state index is 0.628. The normalized spacial score (nSPS) is 17.2. The van der Waals surface area contributed by atoms with Crippen molar-refractivity contribution in [3.63, 3.8) is 0 Å². The number of aromatic amines is 1. The first-order valence-electron chi connectivity index (χ1n) is 8.29. The van der Waals surface area contributed by atoms with Crippen LogP contribution in [0.4, 0.5) is 0 Å². The van der Waals surface area contributed by atoms with Gasteiger partial charge in [0.15, 0.2) is 0 Å². The molecule has 3 heterocycles. The van der Waals surface area contributed by atoms with Crippen molar-refractivity contribution in [2.45, 2.75) is 13.8 Å². The molecule has 1 N–H and O–H groups in total. The van der Waals surface area contributed by atoms with Gasteiger partial charge in [-0.05, 0) is 48.9 Å². The molecule has 0 saturated carbocycles. The van der Waals surface area contributed by atoms with Crippen LogP contribution in [0.25, 0.3) is 18.4 Å². The molecule has 1 aromatic carbocycles. The summed E-state index contributed by atoms with van der Waals surface area (Å²) in [5.74, 6) is 0.770. The minimum atomic E-state index is 0.628. The Morgan fingerprint density at radius 1 is 1.20 bits per heavy atom. The van der Waals surface area contributed by atoms with Gasteiger partial charge >= 0.3 is 0 Å². The third kappa shape index (κ3) is 2.91. The quantitative estimate of drug-likeness (QED) is 0.939. The number of aromatic nitrogens is 1. The molecule has 0 unspecified atom stereocenters. The van der Waals surface area contributed by atoms with Gasteiger partial charge in [-0.1, -0.05) is 12.1 Å². The predicted octanol–water partition coefficient (Wildman–Crippen LogP) is 2.55. The number of methoxy groups -OCH3 is 1.